The molecule has 0 fully saturated rings. The molecular weight excluding hydrogens is 368 g/mol. The first-order valence-electron chi connectivity index (χ1n) is 8.42. The van der Waals surface area contributed by atoms with E-state index in [-0.39, 0.29) is 6.61 Å². The summed E-state index contributed by atoms with van der Waals surface area (Å²) in [7, 11) is 1.57. The van der Waals surface area contributed by atoms with E-state index >= 15 is 0 Å². The Morgan fingerprint density at radius 1 is 1.11 bits per heavy atom. The third-order valence-electron chi connectivity index (χ3n) is 4.15. The summed E-state index contributed by atoms with van der Waals surface area (Å²) in [5, 5.41) is 6.09. The smallest absolute Gasteiger partial charge is 0.338 e. The van der Waals surface area contributed by atoms with Crippen LogP contribution in [0, 0.1) is 0 Å². The lowest BCUT2D eigenvalue weighted by atomic mass is 9.92. The van der Waals surface area contributed by atoms with Crippen molar-refractivity contribution < 1.29 is 19.1 Å². The summed E-state index contributed by atoms with van der Waals surface area (Å²) in [6.45, 7) is 1.96. The average molecular weight is 387 g/mol. The van der Waals surface area contributed by atoms with Gasteiger partial charge in [0, 0.05) is 5.02 Å². The first kappa shape index (κ1) is 18.8. The lowest BCUT2D eigenvalue weighted by Crippen LogP contribution is -2.45. The normalized spacial score (nSPS) is 16.4. The van der Waals surface area contributed by atoms with Gasteiger partial charge in [0.1, 0.15) is 5.75 Å². The molecule has 1 atom stereocenters. The van der Waals surface area contributed by atoms with Crippen LogP contribution in [0.4, 0.5) is 4.79 Å². The molecule has 2 aromatic carbocycles. The van der Waals surface area contributed by atoms with Crippen molar-refractivity contribution in [3.05, 3.63) is 70.3 Å². The Balaban J connectivity index is 2.14. The monoisotopic (exact) mass is 386 g/mol. The first-order valence-corrected chi connectivity index (χ1v) is 8.80. The van der Waals surface area contributed by atoms with Crippen LogP contribution in [0.2, 0.25) is 5.02 Å². The largest absolute Gasteiger partial charge is 0.497 e. The number of nitrogens with one attached hydrogen (secondary N) is 2. The number of carbonyl (C=O) groups excluding carboxylic acids is 2. The molecule has 2 N–H and O–H groups in total. The number of ether oxygens (including phenoxy) is 2. The molecule has 7 heteroatoms. The van der Waals surface area contributed by atoms with Crippen molar-refractivity contribution in [2.75, 3.05) is 13.7 Å². The summed E-state index contributed by atoms with van der Waals surface area (Å²) in [6.07, 6.45) is 0. The number of urea groups is 1. The minimum absolute atomic E-state index is 0.222. The SMILES string of the molecule is CCOC(=O)C1=C(c2ccc(OC)cc2)NC(=O)NC1c1ccc(Cl)cc1. The van der Waals surface area contributed by atoms with E-state index in [9.17, 15) is 9.59 Å². The van der Waals surface area contributed by atoms with E-state index in [1.54, 1.807) is 62.6 Å². The fourth-order valence-corrected chi connectivity index (χ4v) is 3.01. The van der Waals surface area contributed by atoms with Gasteiger partial charge in [-0.15, -0.1) is 0 Å². The van der Waals surface area contributed by atoms with Crippen molar-refractivity contribution in [3.63, 3.8) is 0 Å². The highest BCUT2D eigenvalue weighted by Crippen LogP contribution is 2.33. The predicted molar refractivity (Wildman–Crippen MR) is 102 cm³/mol. The van der Waals surface area contributed by atoms with E-state index in [4.69, 9.17) is 21.1 Å². The zero-order valence-electron chi connectivity index (χ0n) is 14.9. The van der Waals surface area contributed by atoms with Crippen LogP contribution in [0.5, 0.6) is 5.75 Å². The Hall–Kier alpha value is -2.99. The van der Waals surface area contributed by atoms with Gasteiger partial charge in [0.2, 0.25) is 0 Å². The van der Waals surface area contributed by atoms with Crippen LogP contribution >= 0.6 is 11.6 Å². The summed E-state index contributed by atoms with van der Waals surface area (Å²) < 4.78 is 10.4. The number of methoxy groups -OCH3 is 1. The summed E-state index contributed by atoms with van der Waals surface area (Å²) in [4.78, 5) is 25.0. The van der Waals surface area contributed by atoms with Gasteiger partial charge < -0.3 is 20.1 Å². The number of halogens is 1. The lowest BCUT2D eigenvalue weighted by Gasteiger charge is -2.29. The fourth-order valence-electron chi connectivity index (χ4n) is 2.88. The number of hydrogen-bond acceptors (Lipinski definition) is 4. The first-order chi connectivity index (χ1) is 13.0. The zero-order chi connectivity index (χ0) is 19.4. The third kappa shape index (κ3) is 4.06. The van der Waals surface area contributed by atoms with Gasteiger partial charge in [-0.05, 0) is 54.4 Å². The van der Waals surface area contributed by atoms with Crippen molar-refractivity contribution in [2.45, 2.75) is 13.0 Å². The number of benzene rings is 2. The van der Waals surface area contributed by atoms with Gasteiger partial charge in [0.15, 0.2) is 0 Å². The highest BCUT2D eigenvalue weighted by molar-refractivity contribution is 6.30. The fraction of sp³-hybridized carbons (Fsp3) is 0.200. The van der Waals surface area contributed by atoms with E-state index in [1.165, 1.54) is 0 Å². The Bertz CT molecular complexity index is 876. The molecule has 6 nitrogen and oxygen atoms in total. The van der Waals surface area contributed by atoms with Crippen LogP contribution in [0.25, 0.3) is 5.70 Å². The molecule has 2 amide bonds. The van der Waals surface area contributed by atoms with Gasteiger partial charge in [-0.2, -0.15) is 0 Å². The predicted octanol–water partition coefficient (Wildman–Crippen LogP) is 3.68. The van der Waals surface area contributed by atoms with E-state index in [0.717, 1.165) is 5.56 Å². The molecule has 0 saturated carbocycles. The molecule has 1 aliphatic heterocycles. The van der Waals surface area contributed by atoms with Crippen molar-refractivity contribution in [2.24, 2.45) is 0 Å². The second kappa shape index (κ2) is 8.14. The van der Waals surface area contributed by atoms with Gasteiger partial charge in [-0.1, -0.05) is 23.7 Å². The maximum absolute atomic E-state index is 12.7. The van der Waals surface area contributed by atoms with Crippen LogP contribution in [0.3, 0.4) is 0 Å². The van der Waals surface area contributed by atoms with Crippen LogP contribution < -0.4 is 15.4 Å². The highest BCUT2D eigenvalue weighted by atomic mass is 35.5. The third-order valence-corrected chi connectivity index (χ3v) is 4.40. The standard InChI is InChI=1S/C20H19ClN2O4/c1-3-27-19(24)16-17(12-4-8-14(21)9-5-12)22-20(25)23-18(16)13-6-10-15(26-2)11-7-13/h4-11,17H,3H2,1-2H3,(H2,22,23,25). The minimum atomic E-state index is -0.660. The summed E-state index contributed by atoms with van der Waals surface area (Å²) >= 11 is 5.97. The molecule has 1 heterocycles. The molecule has 2 aromatic rings. The number of amides is 2. The molecular formula is C20H19ClN2O4. The maximum Gasteiger partial charge on any atom is 0.338 e. The molecule has 0 aliphatic carbocycles. The van der Waals surface area contributed by atoms with Gasteiger partial charge >= 0.3 is 12.0 Å². The number of carbonyl (C=O) groups is 2. The maximum atomic E-state index is 12.7. The van der Waals surface area contributed by atoms with Crippen molar-refractivity contribution in [1.29, 1.82) is 0 Å². The molecule has 27 heavy (non-hydrogen) atoms. The molecule has 140 valence electrons. The number of hydrogen-bond donors (Lipinski definition) is 2. The molecule has 1 unspecified atom stereocenters. The van der Waals surface area contributed by atoms with Crippen LogP contribution in [0.15, 0.2) is 54.1 Å². The van der Waals surface area contributed by atoms with Gasteiger partial charge in [-0.25, -0.2) is 9.59 Å². The van der Waals surface area contributed by atoms with Crippen molar-refractivity contribution in [3.8, 4) is 5.75 Å². The van der Waals surface area contributed by atoms with Gasteiger partial charge in [0.05, 0.1) is 31.0 Å². The molecule has 0 saturated heterocycles. The van der Waals surface area contributed by atoms with Crippen LogP contribution in [-0.2, 0) is 9.53 Å². The second-order valence-electron chi connectivity index (χ2n) is 5.82. The van der Waals surface area contributed by atoms with E-state index in [2.05, 4.69) is 10.6 Å². The van der Waals surface area contributed by atoms with E-state index in [0.29, 0.717) is 27.6 Å². The lowest BCUT2D eigenvalue weighted by molar-refractivity contribution is -0.138. The summed E-state index contributed by atoms with van der Waals surface area (Å²) in [5.74, 6) is 0.169. The second-order valence-corrected chi connectivity index (χ2v) is 6.26. The van der Waals surface area contributed by atoms with Gasteiger partial charge in [0.25, 0.3) is 0 Å². The molecule has 0 bridgehead atoms. The van der Waals surface area contributed by atoms with Gasteiger partial charge in [-0.3, -0.25) is 0 Å². The summed E-state index contributed by atoms with van der Waals surface area (Å²) in [5.41, 5.74) is 2.12. The van der Waals surface area contributed by atoms with Crippen molar-refractivity contribution >= 4 is 29.3 Å². The Morgan fingerprint density at radius 2 is 1.78 bits per heavy atom. The van der Waals surface area contributed by atoms with Crippen LogP contribution in [-0.4, -0.2) is 25.7 Å². The highest BCUT2D eigenvalue weighted by Gasteiger charge is 2.34. The number of esters is 1. The van der Waals surface area contributed by atoms with Crippen molar-refractivity contribution in [1.82, 2.24) is 10.6 Å². The molecule has 0 aromatic heterocycles. The molecule has 0 radical (unpaired) electrons. The Kier molecular flexibility index (Phi) is 5.66. The Morgan fingerprint density at radius 3 is 2.37 bits per heavy atom. The Labute approximate surface area is 162 Å². The quantitative estimate of drug-likeness (QED) is 0.768. The van der Waals surface area contributed by atoms with Crippen LogP contribution in [0.1, 0.15) is 24.1 Å². The molecule has 0 spiro atoms. The van der Waals surface area contributed by atoms with E-state index in [1.807, 2.05) is 0 Å². The van der Waals surface area contributed by atoms with E-state index < -0.39 is 18.0 Å². The minimum Gasteiger partial charge on any atom is -0.497 e. The zero-order valence-corrected chi connectivity index (χ0v) is 15.7. The molecule has 1 aliphatic rings. The molecule has 3 rings (SSSR count). The average Bonchev–Trinajstić information content (AvgIpc) is 2.68. The summed E-state index contributed by atoms with van der Waals surface area (Å²) in [6, 6.07) is 13.0. The topological polar surface area (TPSA) is 76.7 Å². The number of rotatable bonds is 5.